The minimum absolute atomic E-state index is 0.0744. The third-order valence-corrected chi connectivity index (χ3v) is 3.33. The predicted octanol–water partition coefficient (Wildman–Crippen LogP) is 2.73. The van der Waals surface area contributed by atoms with Gasteiger partial charge in [-0.2, -0.15) is 0 Å². The highest BCUT2D eigenvalue weighted by molar-refractivity contribution is 6.10. The highest BCUT2D eigenvalue weighted by atomic mass is 16.3. The molecule has 3 N–H and O–H groups in total. The average molecular weight is 296 g/mol. The Bertz CT molecular complexity index is 822. The predicted molar refractivity (Wildman–Crippen MR) is 87.1 cm³/mol. The lowest BCUT2D eigenvalue weighted by Crippen LogP contribution is -2.13. The second-order valence-electron chi connectivity index (χ2n) is 5.09. The van der Waals surface area contributed by atoms with Crippen LogP contribution in [0.4, 0.5) is 17.1 Å². The first kappa shape index (κ1) is 13.9. The van der Waals surface area contributed by atoms with Gasteiger partial charge in [0, 0.05) is 31.7 Å². The highest BCUT2D eigenvalue weighted by Crippen LogP contribution is 2.27. The number of hydrogen-bond donors (Lipinski definition) is 2. The van der Waals surface area contributed by atoms with Crippen molar-refractivity contribution in [1.82, 2.24) is 4.98 Å². The van der Waals surface area contributed by atoms with E-state index in [0.29, 0.717) is 16.8 Å². The summed E-state index contributed by atoms with van der Waals surface area (Å²) < 4.78 is 5.49. The number of fused-ring (bicyclic) bond motifs is 1. The summed E-state index contributed by atoms with van der Waals surface area (Å²) in [7, 11) is 3.91. The normalized spacial score (nSPS) is 10.6. The van der Waals surface area contributed by atoms with E-state index in [1.54, 1.807) is 18.3 Å². The number of nitrogens with two attached hydrogens (primary N) is 1. The van der Waals surface area contributed by atoms with Crippen molar-refractivity contribution in [3.8, 4) is 0 Å². The van der Waals surface area contributed by atoms with E-state index >= 15 is 0 Å². The Balaban J connectivity index is 1.85. The first-order chi connectivity index (χ1) is 10.6. The van der Waals surface area contributed by atoms with Crippen LogP contribution in [0, 0.1) is 0 Å². The van der Waals surface area contributed by atoms with Crippen molar-refractivity contribution in [2.75, 3.05) is 30.0 Å². The molecule has 0 unspecified atom stereocenters. The van der Waals surface area contributed by atoms with E-state index in [9.17, 15) is 4.79 Å². The number of pyridine rings is 1. The number of rotatable bonds is 3. The Hall–Kier alpha value is -3.02. The molecular weight excluding hydrogens is 280 g/mol. The molecule has 0 radical (unpaired) electrons. The largest absolute Gasteiger partial charge is 0.447 e. The molecule has 1 amide bonds. The average Bonchev–Trinajstić information content (AvgIpc) is 2.85. The number of nitrogens with zero attached hydrogens (tertiary/aromatic N) is 2. The van der Waals surface area contributed by atoms with E-state index in [1.807, 2.05) is 43.3 Å². The summed E-state index contributed by atoms with van der Waals surface area (Å²) in [5.41, 5.74) is 8.89. The number of nitrogens with one attached hydrogen (secondary N) is 1. The molecule has 0 aliphatic heterocycles. The lowest BCUT2D eigenvalue weighted by atomic mass is 10.2. The Kier molecular flexibility index (Phi) is 3.42. The van der Waals surface area contributed by atoms with Gasteiger partial charge in [0.2, 0.25) is 5.76 Å². The molecule has 0 aliphatic carbocycles. The molecule has 22 heavy (non-hydrogen) atoms. The standard InChI is InChI=1S/C16H16N4O2/c1-20(2)11-7-5-10(6-8-11)19-16(21)15-13(17)14-12(22-15)4-3-9-18-14/h3-9H,17H2,1-2H3,(H,19,21). The van der Waals surface area contributed by atoms with Crippen LogP contribution in [-0.4, -0.2) is 25.0 Å². The lowest BCUT2D eigenvalue weighted by Gasteiger charge is -2.12. The fourth-order valence-corrected chi connectivity index (χ4v) is 2.15. The highest BCUT2D eigenvalue weighted by Gasteiger charge is 2.19. The van der Waals surface area contributed by atoms with Gasteiger partial charge in [-0.1, -0.05) is 0 Å². The number of carbonyl (C=O) groups excluding carboxylic acids is 1. The van der Waals surface area contributed by atoms with Crippen molar-refractivity contribution in [3.63, 3.8) is 0 Å². The number of aromatic nitrogens is 1. The number of carbonyl (C=O) groups is 1. The van der Waals surface area contributed by atoms with Gasteiger partial charge < -0.3 is 20.4 Å². The second kappa shape index (κ2) is 5.40. The van der Waals surface area contributed by atoms with Crippen LogP contribution in [0.25, 0.3) is 11.1 Å². The fraction of sp³-hybridized carbons (Fsp3) is 0.125. The zero-order valence-electron chi connectivity index (χ0n) is 12.3. The van der Waals surface area contributed by atoms with Crippen LogP contribution < -0.4 is 16.0 Å². The molecule has 6 heteroatoms. The first-order valence-corrected chi connectivity index (χ1v) is 6.78. The molecule has 3 aromatic rings. The number of benzene rings is 1. The zero-order valence-corrected chi connectivity index (χ0v) is 12.3. The molecule has 3 rings (SSSR count). The molecule has 1 aromatic carbocycles. The smallest absolute Gasteiger partial charge is 0.293 e. The summed E-state index contributed by atoms with van der Waals surface area (Å²) in [6, 6.07) is 10.9. The van der Waals surface area contributed by atoms with Gasteiger partial charge in [0.15, 0.2) is 5.58 Å². The minimum Gasteiger partial charge on any atom is -0.447 e. The number of nitrogen functional groups attached to an aromatic ring is 1. The van der Waals surface area contributed by atoms with Crippen LogP contribution in [0.5, 0.6) is 0 Å². The Morgan fingerprint density at radius 2 is 1.95 bits per heavy atom. The molecule has 2 heterocycles. The molecule has 6 nitrogen and oxygen atoms in total. The van der Waals surface area contributed by atoms with Crippen molar-refractivity contribution >= 4 is 34.1 Å². The van der Waals surface area contributed by atoms with Crippen LogP contribution in [0.2, 0.25) is 0 Å². The summed E-state index contributed by atoms with van der Waals surface area (Å²) in [6.07, 6.45) is 1.61. The maximum atomic E-state index is 12.3. The van der Waals surface area contributed by atoms with E-state index in [4.69, 9.17) is 10.2 Å². The minimum atomic E-state index is -0.395. The van der Waals surface area contributed by atoms with Crippen LogP contribution in [-0.2, 0) is 0 Å². The number of hydrogen-bond acceptors (Lipinski definition) is 5. The maximum absolute atomic E-state index is 12.3. The van der Waals surface area contributed by atoms with Gasteiger partial charge in [-0.05, 0) is 36.4 Å². The Morgan fingerprint density at radius 1 is 1.23 bits per heavy atom. The van der Waals surface area contributed by atoms with Gasteiger partial charge >= 0.3 is 0 Å². The fourth-order valence-electron chi connectivity index (χ4n) is 2.15. The van der Waals surface area contributed by atoms with Crippen LogP contribution in [0.15, 0.2) is 47.0 Å². The second-order valence-corrected chi connectivity index (χ2v) is 5.09. The SMILES string of the molecule is CN(C)c1ccc(NC(=O)c2oc3cccnc3c2N)cc1. The molecule has 0 bridgehead atoms. The Labute approximate surface area is 127 Å². The molecule has 0 spiro atoms. The van der Waals surface area contributed by atoms with Crippen molar-refractivity contribution in [2.24, 2.45) is 0 Å². The molecule has 0 saturated heterocycles. The molecule has 0 saturated carbocycles. The van der Waals surface area contributed by atoms with E-state index in [1.165, 1.54) is 0 Å². The molecule has 2 aromatic heterocycles. The third kappa shape index (κ3) is 2.46. The van der Waals surface area contributed by atoms with Crippen LogP contribution in [0.3, 0.4) is 0 Å². The molecule has 112 valence electrons. The molecule has 0 fully saturated rings. The number of furan rings is 1. The van der Waals surface area contributed by atoms with Gasteiger partial charge in [-0.25, -0.2) is 0 Å². The quantitative estimate of drug-likeness (QED) is 0.776. The summed E-state index contributed by atoms with van der Waals surface area (Å²) >= 11 is 0. The van der Waals surface area contributed by atoms with Crippen molar-refractivity contribution < 1.29 is 9.21 Å². The van der Waals surface area contributed by atoms with E-state index < -0.39 is 5.91 Å². The summed E-state index contributed by atoms with van der Waals surface area (Å²) in [4.78, 5) is 18.4. The van der Waals surface area contributed by atoms with Crippen LogP contribution in [0.1, 0.15) is 10.6 Å². The summed E-state index contributed by atoms with van der Waals surface area (Å²) in [5.74, 6) is -0.321. The van der Waals surface area contributed by atoms with E-state index in [2.05, 4.69) is 10.3 Å². The van der Waals surface area contributed by atoms with Gasteiger partial charge in [0.1, 0.15) is 11.2 Å². The zero-order chi connectivity index (χ0) is 15.7. The van der Waals surface area contributed by atoms with E-state index in [0.717, 1.165) is 5.69 Å². The molecule has 0 atom stereocenters. The number of anilines is 3. The first-order valence-electron chi connectivity index (χ1n) is 6.78. The Morgan fingerprint density at radius 3 is 2.59 bits per heavy atom. The lowest BCUT2D eigenvalue weighted by molar-refractivity contribution is 0.1000. The summed E-state index contributed by atoms with van der Waals surface area (Å²) in [5, 5.41) is 2.77. The third-order valence-electron chi connectivity index (χ3n) is 3.33. The summed E-state index contributed by atoms with van der Waals surface area (Å²) in [6.45, 7) is 0. The van der Waals surface area contributed by atoms with Crippen molar-refractivity contribution in [2.45, 2.75) is 0 Å². The van der Waals surface area contributed by atoms with Crippen LogP contribution >= 0.6 is 0 Å². The van der Waals surface area contributed by atoms with Gasteiger partial charge in [-0.15, -0.1) is 0 Å². The monoisotopic (exact) mass is 296 g/mol. The van der Waals surface area contributed by atoms with E-state index in [-0.39, 0.29) is 11.4 Å². The topological polar surface area (TPSA) is 84.4 Å². The van der Waals surface area contributed by atoms with Gasteiger partial charge in [-0.3, -0.25) is 9.78 Å². The van der Waals surface area contributed by atoms with Gasteiger partial charge in [0.05, 0.1) is 0 Å². The number of amides is 1. The maximum Gasteiger partial charge on any atom is 0.293 e. The molecular formula is C16H16N4O2. The van der Waals surface area contributed by atoms with Crippen molar-refractivity contribution in [3.05, 3.63) is 48.4 Å². The van der Waals surface area contributed by atoms with Gasteiger partial charge in [0.25, 0.3) is 5.91 Å². The molecule has 0 aliphatic rings. The van der Waals surface area contributed by atoms with Crippen molar-refractivity contribution in [1.29, 1.82) is 0 Å².